The van der Waals surface area contributed by atoms with Gasteiger partial charge >= 0.3 is 0 Å². The van der Waals surface area contributed by atoms with Crippen molar-refractivity contribution in [3.8, 4) is 0 Å². The number of hydrogen-bond donors (Lipinski definition) is 1. The van der Waals surface area contributed by atoms with Crippen molar-refractivity contribution in [2.75, 3.05) is 6.54 Å². The second-order valence-electron chi connectivity index (χ2n) is 6.79. The molecule has 3 rings (SSSR count). The van der Waals surface area contributed by atoms with E-state index in [1.54, 1.807) is 11.3 Å². The van der Waals surface area contributed by atoms with Crippen LogP contribution in [0.3, 0.4) is 0 Å². The molecule has 2 heterocycles. The van der Waals surface area contributed by atoms with Gasteiger partial charge in [0.05, 0.1) is 10.2 Å². The fourth-order valence-electron chi connectivity index (χ4n) is 4.09. The Balaban J connectivity index is 1.88. The molecule has 21 heavy (non-hydrogen) atoms. The zero-order valence-electron chi connectivity index (χ0n) is 13.3. The Kier molecular flexibility index (Phi) is 4.60. The first kappa shape index (κ1) is 15.0. The molecule has 1 aliphatic carbocycles. The minimum atomic E-state index is 0.458. The first-order chi connectivity index (χ1) is 10.2. The molecular formula is C18H26N2S. The molecule has 0 amide bonds. The van der Waals surface area contributed by atoms with Gasteiger partial charge in [-0.2, -0.15) is 0 Å². The molecule has 0 saturated heterocycles. The first-order valence-corrected chi connectivity index (χ1v) is 9.11. The van der Waals surface area contributed by atoms with Crippen molar-refractivity contribution >= 4 is 21.6 Å². The quantitative estimate of drug-likeness (QED) is 0.858. The second-order valence-corrected chi connectivity index (χ2v) is 7.73. The summed E-state index contributed by atoms with van der Waals surface area (Å²) in [6.45, 7) is 8.05. The van der Waals surface area contributed by atoms with Gasteiger partial charge in [0.15, 0.2) is 0 Å². The lowest BCUT2D eigenvalue weighted by molar-refractivity contribution is 0.177. The maximum Gasteiger partial charge on any atom is 0.0809 e. The van der Waals surface area contributed by atoms with Gasteiger partial charge in [0, 0.05) is 12.2 Å². The molecule has 1 saturated carbocycles. The van der Waals surface area contributed by atoms with E-state index >= 15 is 0 Å². The summed E-state index contributed by atoms with van der Waals surface area (Å²) in [6, 6.07) is 4.92. The van der Waals surface area contributed by atoms with Crippen LogP contribution in [0.5, 0.6) is 0 Å². The molecule has 3 heteroatoms. The fourth-order valence-corrected chi connectivity index (χ4v) is 4.88. The van der Waals surface area contributed by atoms with Gasteiger partial charge in [-0.1, -0.05) is 20.8 Å². The Bertz CT molecular complexity index is 582. The van der Waals surface area contributed by atoms with E-state index in [0.29, 0.717) is 6.04 Å². The van der Waals surface area contributed by atoms with E-state index in [4.69, 9.17) is 0 Å². The molecule has 3 unspecified atom stereocenters. The molecule has 0 aliphatic heterocycles. The van der Waals surface area contributed by atoms with Crippen molar-refractivity contribution < 1.29 is 0 Å². The van der Waals surface area contributed by atoms with E-state index in [2.05, 4.69) is 54.8 Å². The van der Waals surface area contributed by atoms with Crippen molar-refractivity contribution in [3.63, 3.8) is 0 Å². The van der Waals surface area contributed by atoms with Gasteiger partial charge < -0.3 is 5.32 Å². The first-order valence-electron chi connectivity index (χ1n) is 8.24. The lowest BCUT2D eigenvalue weighted by Gasteiger charge is -2.37. The number of thiophene rings is 1. The summed E-state index contributed by atoms with van der Waals surface area (Å²) in [5.41, 5.74) is 2.50. The highest BCUT2D eigenvalue weighted by Crippen LogP contribution is 2.40. The van der Waals surface area contributed by atoms with E-state index in [0.717, 1.165) is 29.8 Å². The SMILES string of the molecule is CCNC(c1cnc2ccsc2c1)C1CC(C)CC(C)C1. The number of pyridine rings is 1. The van der Waals surface area contributed by atoms with Gasteiger partial charge in [0.25, 0.3) is 0 Å². The molecule has 2 aromatic rings. The van der Waals surface area contributed by atoms with Crippen LogP contribution in [-0.4, -0.2) is 11.5 Å². The molecule has 1 N–H and O–H groups in total. The lowest BCUT2D eigenvalue weighted by atomic mass is 9.72. The summed E-state index contributed by atoms with van der Waals surface area (Å²) in [4.78, 5) is 4.65. The summed E-state index contributed by atoms with van der Waals surface area (Å²) in [6.07, 6.45) is 6.15. The highest BCUT2D eigenvalue weighted by atomic mass is 32.1. The Labute approximate surface area is 132 Å². The molecule has 0 radical (unpaired) electrons. The molecular weight excluding hydrogens is 276 g/mol. The summed E-state index contributed by atoms with van der Waals surface area (Å²) >= 11 is 1.79. The Morgan fingerprint density at radius 2 is 2.05 bits per heavy atom. The number of hydrogen-bond acceptors (Lipinski definition) is 3. The van der Waals surface area contributed by atoms with Gasteiger partial charge in [-0.3, -0.25) is 4.98 Å². The van der Waals surface area contributed by atoms with Crippen LogP contribution in [0, 0.1) is 17.8 Å². The summed E-state index contributed by atoms with van der Waals surface area (Å²) in [7, 11) is 0. The van der Waals surface area contributed by atoms with Crippen LogP contribution in [0.25, 0.3) is 10.2 Å². The average Bonchev–Trinajstić information content (AvgIpc) is 2.91. The van der Waals surface area contributed by atoms with Crippen molar-refractivity contribution in [1.82, 2.24) is 10.3 Å². The minimum absolute atomic E-state index is 0.458. The molecule has 2 aromatic heterocycles. The number of rotatable bonds is 4. The Morgan fingerprint density at radius 1 is 1.29 bits per heavy atom. The third kappa shape index (κ3) is 3.29. The summed E-state index contributed by atoms with van der Waals surface area (Å²) in [5.74, 6) is 2.43. The summed E-state index contributed by atoms with van der Waals surface area (Å²) in [5, 5.41) is 5.86. The molecule has 1 aliphatic rings. The van der Waals surface area contributed by atoms with Gasteiger partial charge in [-0.25, -0.2) is 0 Å². The number of nitrogens with one attached hydrogen (secondary N) is 1. The van der Waals surface area contributed by atoms with Crippen LogP contribution in [0.2, 0.25) is 0 Å². The average molecular weight is 302 g/mol. The van der Waals surface area contributed by atoms with Crippen LogP contribution in [-0.2, 0) is 0 Å². The molecule has 114 valence electrons. The standard InChI is InChI=1S/C18H26N2S/c1-4-19-18(14-8-12(2)7-13(3)9-14)15-10-17-16(20-11-15)5-6-21-17/h5-6,10-14,18-19H,4,7-9H2,1-3H3. The van der Waals surface area contributed by atoms with Crippen LogP contribution in [0.15, 0.2) is 23.7 Å². The molecule has 3 atom stereocenters. The third-order valence-electron chi connectivity index (χ3n) is 4.79. The maximum atomic E-state index is 4.65. The smallest absolute Gasteiger partial charge is 0.0809 e. The van der Waals surface area contributed by atoms with E-state index in [9.17, 15) is 0 Å². The normalized spacial score (nSPS) is 27.9. The topological polar surface area (TPSA) is 24.9 Å². The Hall–Kier alpha value is -0.930. The maximum absolute atomic E-state index is 4.65. The minimum Gasteiger partial charge on any atom is -0.310 e. The fraction of sp³-hybridized carbons (Fsp3) is 0.611. The molecule has 1 fully saturated rings. The van der Waals surface area contributed by atoms with E-state index in [1.165, 1.54) is 29.5 Å². The predicted molar refractivity (Wildman–Crippen MR) is 91.7 cm³/mol. The molecule has 0 aromatic carbocycles. The largest absolute Gasteiger partial charge is 0.310 e. The van der Waals surface area contributed by atoms with E-state index in [-0.39, 0.29) is 0 Å². The zero-order chi connectivity index (χ0) is 14.8. The number of aromatic nitrogens is 1. The van der Waals surface area contributed by atoms with Crippen molar-refractivity contribution in [1.29, 1.82) is 0 Å². The second kappa shape index (κ2) is 6.45. The monoisotopic (exact) mass is 302 g/mol. The molecule has 0 spiro atoms. The van der Waals surface area contributed by atoms with Crippen molar-refractivity contribution in [2.24, 2.45) is 17.8 Å². The number of nitrogens with zero attached hydrogens (tertiary/aromatic N) is 1. The van der Waals surface area contributed by atoms with Crippen LogP contribution in [0.4, 0.5) is 0 Å². The third-order valence-corrected chi connectivity index (χ3v) is 5.65. The lowest BCUT2D eigenvalue weighted by Crippen LogP contribution is -2.33. The van der Waals surface area contributed by atoms with Crippen molar-refractivity contribution in [3.05, 3.63) is 29.3 Å². The highest BCUT2D eigenvalue weighted by Gasteiger charge is 2.30. The van der Waals surface area contributed by atoms with Crippen LogP contribution >= 0.6 is 11.3 Å². The molecule has 0 bridgehead atoms. The predicted octanol–water partition coefficient (Wildman–Crippen LogP) is 5.02. The van der Waals surface area contributed by atoms with Gasteiger partial charge in [0.2, 0.25) is 0 Å². The van der Waals surface area contributed by atoms with E-state index < -0.39 is 0 Å². The van der Waals surface area contributed by atoms with Gasteiger partial charge in [-0.15, -0.1) is 11.3 Å². The van der Waals surface area contributed by atoms with Crippen LogP contribution in [0.1, 0.15) is 51.6 Å². The van der Waals surface area contributed by atoms with Crippen molar-refractivity contribution in [2.45, 2.75) is 46.1 Å². The van der Waals surface area contributed by atoms with Crippen LogP contribution < -0.4 is 5.32 Å². The zero-order valence-corrected chi connectivity index (χ0v) is 14.1. The van der Waals surface area contributed by atoms with E-state index in [1.807, 2.05) is 0 Å². The highest BCUT2D eigenvalue weighted by molar-refractivity contribution is 7.17. The van der Waals surface area contributed by atoms with Gasteiger partial charge in [0.1, 0.15) is 0 Å². The summed E-state index contributed by atoms with van der Waals surface area (Å²) < 4.78 is 1.31. The van der Waals surface area contributed by atoms with Gasteiger partial charge in [-0.05, 0) is 66.6 Å². The Morgan fingerprint density at radius 3 is 2.76 bits per heavy atom. The molecule has 2 nitrogen and oxygen atoms in total. The number of fused-ring (bicyclic) bond motifs is 1.